The molecule has 0 amide bonds. The average Bonchev–Trinajstić information content (AvgIpc) is 3.56. The molecule has 0 bridgehead atoms. The van der Waals surface area contributed by atoms with Crippen LogP contribution in [0.1, 0.15) is 0 Å². The van der Waals surface area contributed by atoms with Crippen molar-refractivity contribution in [3.63, 3.8) is 0 Å². The van der Waals surface area contributed by atoms with Crippen molar-refractivity contribution in [2.24, 2.45) is 0 Å². The molecule has 8 aromatic carbocycles. The molecule has 0 saturated heterocycles. The summed E-state index contributed by atoms with van der Waals surface area (Å²) in [6, 6.07) is 58.9. The van der Waals surface area contributed by atoms with Gasteiger partial charge >= 0.3 is 0 Å². The number of rotatable bonds is 3. The molecule has 0 unspecified atom stereocenters. The van der Waals surface area contributed by atoms with Crippen LogP contribution in [-0.4, -0.2) is 9.97 Å². The third-order valence-corrected chi connectivity index (χ3v) is 11.4. The Morgan fingerprint density at radius 1 is 0.440 bits per heavy atom. The Bertz CT molecular complexity index is 2990. The molecule has 50 heavy (non-hydrogen) atoms. The van der Waals surface area contributed by atoms with Gasteiger partial charge in [-0.25, -0.2) is 9.97 Å². The lowest BCUT2D eigenvalue weighted by Crippen LogP contribution is -2.18. The number of hydrogen-bond donors (Lipinski definition) is 0. The van der Waals surface area contributed by atoms with Crippen LogP contribution in [-0.2, 0) is 0 Å². The summed E-state index contributed by atoms with van der Waals surface area (Å²) >= 11 is 1.77. The van der Waals surface area contributed by atoms with E-state index < -0.39 is 0 Å². The largest absolute Gasteiger partial charge is 0.278 e. The summed E-state index contributed by atoms with van der Waals surface area (Å²) in [7, 11) is 0. The van der Waals surface area contributed by atoms with Crippen LogP contribution in [0.15, 0.2) is 164 Å². The highest BCUT2D eigenvalue weighted by Gasteiger charge is 2.30. The highest BCUT2D eigenvalue weighted by molar-refractivity contribution is 7.26. The number of benzene rings is 8. The fourth-order valence-electron chi connectivity index (χ4n) is 8.03. The van der Waals surface area contributed by atoms with E-state index >= 15 is 0 Å². The standard InChI is InChI=1S/C46H27N3S/c1-2-12-28(13-3-1)31-25-26-35(34-19-7-6-18-33(31)34)43-45-44(36-20-8-9-23-40(36)50-45)48-46(47-43)49-38-22-11-16-30-15-10-21-37(41(30)38)42-32-17-5-4-14-29(32)24-27-39(42)49/h1-27H. The zero-order valence-corrected chi connectivity index (χ0v) is 27.7. The van der Waals surface area contributed by atoms with Crippen LogP contribution in [0.2, 0.25) is 0 Å². The molecule has 0 fully saturated rings. The third-order valence-electron chi connectivity index (χ3n) is 10.2. The number of hydrogen-bond acceptors (Lipinski definition) is 4. The van der Waals surface area contributed by atoms with E-state index in [-0.39, 0.29) is 0 Å². The molecule has 3 nitrogen and oxygen atoms in total. The minimum Gasteiger partial charge on any atom is -0.278 e. The first kappa shape index (κ1) is 27.6. The molecule has 3 heterocycles. The molecule has 4 heteroatoms. The summed E-state index contributed by atoms with van der Waals surface area (Å²) in [6.07, 6.45) is 0. The van der Waals surface area contributed by atoms with E-state index in [9.17, 15) is 0 Å². The highest BCUT2D eigenvalue weighted by Crippen LogP contribution is 2.53. The Kier molecular flexibility index (Phi) is 5.83. The Hall–Kier alpha value is -6.36. The van der Waals surface area contributed by atoms with E-state index in [0.717, 1.165) is 38.2 Å². The van der Waals surface area contributed by atoms with Gasteiger partial charge in [0.05, 0.1) is 27.3 Å². The van der Waals surface area contributed by atoms with Crippen molar-refractivity contribution in [2.45, 2.75) is 0 Å². The predicted octanol–water partition coefficient (Wildman–Crippen LogP) is 13.1. The molecule has 10 aromatic rings. The van der Waals surface area contributed by atoms with Gasteiger partial charge in [-0.1, -0.05) is 146 Å². The molecule has 1 aliphatic rings. The number of fused-ring (bicyclic) bond motifs is 8. The number of thiophene rings is 1. The fourth-order valence-corrected chi connectivity index (χ4v) is 9.17. The SMILES string of the molecule is c1ccc(-c2ccc(-c3nc(N4c5ccc6ccccc6c5-c5cccc6cccc4c56)nc4c3sc3ccccc34)c3ccccc23)cc1. The zero-order valence-electron chi connectivity index (χ0n) is 26.8. The average molecular weight is 654 g/mol. The topological polar surface area (TPSA) is 29.0 Å². The van der Waals surface area contributed by atoms with Gasteiger partial charge in [-0.05, 0) is 61.8 Å². The van der Waals surface area contributed by atoms with Gasteiger partial charge in [0.15, 0.2) is 0 Å². The van der Waals surface area contributed by atoms with Crippen molar-refractivity contribution >= 4 is 81.3 Å². The number of anilines is 3. The van der Waals surface area contributed by atoms with Crippen LogP contribution < -0.4 is 4.90 Å². The van der Waals surface area contributed by atoms with Crippen molar-refractivity contribution in [1.82, 2.24) is 9.97 Å². The van der Waals surface area contributed by atoms with Gasteiger partial charge in [0.1, 0.15) is 0 Å². The van der Waals surface area contributed by atoms with Crippen molar-refractivity contribution < 1.29 is 0 Å². The first-order chi connectivity index (χ1) is 24.8. The minimum absolute atomic E-state index is 0.672. The Labute approximate surface area is 292 Å². The molecule has 2 aromatic heterocycles. The first-order valence-corrected chi connectivity index (χ1v) is 17.7. The molecule has 0 radical (unpaired) electrons. The summed E-state index contributed by atoms with van der Waals surface area (Å²) in [5.74, 6) is 0.672. The lowest BCUT2D eigenvalue weighted by molar-refractivity contribution is 1.12. The maximum absolute atomic E-state index is 5.61. The summed E-state index contributed by atoms with van der Waals surface area (Å²) in [4.78, 5) is 13.4. The van der Waals surface area contributed by atoms with Gasteiger partial charge in [0, 0.05) is 26.6 Å². The van der Waals surface area contributed by atoms with Crippen molar-refractivity contribution in [3.05, 3.63) is 164 Å². The maximum atomic E-state index is 5.61. The summed E-state index contributed by atoms with van der Waals surface area (Å²) in [5.41, 5.74) is 10.1. The Morgan fingerprint density at radius 3 is 1.98 bits per heavy atom. The van der Waals surface area contributed by atoms with E-state index in [1.165, 1.54) is 59.3 Å². The molecular formula is C46H27N3S. The normalized spacial score (nSPS) is 12.4. The van der Waals surface area contributed by atoms with E-state index in [1.54, 1.807) is 11.3 Å². The summed E-state index contributed by atoms with van der Waals surface area (Å²) < 4.78 is 2.31. The van der Waals surface area contributed by atoms with E-state index in [1.807, 2.05) is 0 Å². The highest BCUT2D eigenvalue weighted by atomic mass is 32.1. The zero-order chi connectivity index (χ0) is 32.8. The van der Waals surface area contributed by atoms with Crippen LogP contribution in [0.25, 0.3) is 86.1 Å². The predicted molar refractivity (Wildman–Crippen MR) is 212 cm³/mol. The summed E-state index contributed by atoms with van der Waals surface area (Å²) in [6.45, 7) is 0. The van der Waals surface area contributed by atoms with Gasteiger partial charge in [-0.15, -0.1) is 11.3 Å². The minimum atomic E-state index is 0.672. The lowest BCUT2D eigenvalue weighted by atomic mass is 9.88. The number of nitrogens with zero attached hydrogens (tertiary/aromatic N) is 3. The Morgan fingerprint density at radius 2 is 1.12 bits per heavy atom. The van der Waals surface area contributed by atoms with E-state index in [2.05, 4.69) is 169 Å². The third kappa shape index (κ3) is 3.91. The molecule has 11 rings (SSSR count). The quantitative estimate of drug-likeness (QED) is 0.190. The van der Waals surface area contributed by atoms with Crippen LogP contribution >= 0.6 is 11.3 Å². The molecule has 232 valence electrons. The lowest BCUT2D eigenvalue weighted by Gasteiger charge is -2.33. The number of aromatic nitrogens is 2. The van der Waals surface area contributed by atoms with Gasteiger partial charge in [0.25, 0.3) is 0 Å². The van der Waals surface area contributed by atoms with Crippen molar-refractivity contribution in [3.8, 4) is 33.5 Å². The van der Waals surface area contributed by atoms with Crippen molar-refractivity contribution in [1.29, 1.82) is 0 Å². The summed E-state index contributed by atoms with van der Waals surface area (Å²) in [5, 5.41) is 8.39. The van der Waals surface area contributed by atoms with Gasteiger partial charge in [-0.3, -0.25) is 4.90 Å². The van der Waals surface area contributed by atoms with Crippen LogP contribution in [0.4, 0.5) is 17.3 Å². The molecule has 1 aliphatic heterocycles. The molecule has 0 atom stereocenters. The van der Waals surface area contributed by atoms with E-state index in [0.29, 0.717) is 5.95 Å². The molecule has 0 N–H and O–H groups in total. The monoisotopic (exact) mass is 653 g/mol. The fraction of sp³-hybridized carbons (Fsp3) is 0. The molecular weight excluding hydrogens is 627 g/mol. The Balaban J connectivity index is 1.26. The first-order valence-electron chi connectivity index (χ1n) is 16.9. The van der Waals surface area contributed by atoms with Gasteiger partial charge in [0.2, 0.25) is 5.95 Å². The van der Waals surface area contributed by atoms with E-state index in [4.69, 9.17) is 9.97 Å². The van der Waals surface area contributed by atoms with Gasteiger partial charge in [-0.2, -0.15) is 0 Å². The van der Waals surface area contributed by atoms with Crippen molar-refractivity contribution in [2.75, 3.05) is 4.90 Å². The molecule has 0 saturated carbocycles. The second kappa shape index (κ2) is 10.6. The molecule has 0 aliphatic carbocycles. The maximum Gasteiger partial charge on any atom is 0.235 e. The molecule has 0 spiro atoms. The smallest absolute Gasteiger partial charge is 0.235 e. The van der Waals surface area contributed by atoms with Crippen LogP contribution in [0.5, 0.6) is 0 Å². The van der Waals surface area contributed by atoms with Gasteiger partial charge < -0.3 is 0 Å². The van der Waals surface area contributed by atoms with Crippen LogP contribution in [0.3, 0.4) is 0 Å². The second-order valence-corrected chi connectivity index (χ2v) is 14.0. The van der Waals surface area contributed by atoms with Crippen LogP contribution in [0, 0.1) is 0 Å². The second-order valence-electron chi connectivity index (χ2n) is 12.9.